The summed E-state index contributed by atoms with van der Waals surface area (Å²) in [6, 6.07) is 3.76. The van der Waals surface area contributed by atoms with Crippen molar-refractivity contribution in [2.45, 2.75) is 19.6 Å². The molecule has 7 heteroatoms. The van der Waals surface area contributed by atoms with E-state index in [1.165, 1.54) is 0 Å². The molecule has 0 aliphatic carbocycles. The van der Waals surface area contributed by atoms with Crippen molar-refractivity contribution >= 4 is 11.6 Å². The van der Waals surface area contributed by atoms with E-state index >= 15 is 0 Å². The summed E-state index contributed by atoms with van der Waals surface area (Å²) < 4.78 is 7.27. The number of hydrogen-bond acceptors (Lipinski definition) is 4. The SMILES string of the molecule is CC1CN(C(N)=NCc2ccnc3ccnn23)CCO1. The molecule has 2 aromatic heterocycles. The van der Waals surface area contributed by atoms with Crippen molar-refractivity contribution in [2.24, 2.45) is 10.7 Å². The van der Waals surface area contributed by atoms with Crippen LogP contribution in [0, 0.1) is 0 Å². The van der Waals surface area contributed by atoms with Gasteiger partial charge >= 0.3 is 0 Å². The highest BCUT2D eigenvalue weighted by atomic mass is 16.5. The van der Waals surface area contributed by atoms with E-state index in [0.29, 0.717) is 19.1 Å². The first-order valence-electron chi connectivity index (χ1n) is 6.68. The molecule has 0 saturated carbocycles. The number of aliphatic imine (C=N–C) groups is 1. The lowest BCUT2D eigenvalue weighted by Crippen LogP contribution is -2.47. The fraction of sp³-hybridized carbons (Fsp3) is 0.462. The molecule has 0 spiro atoms. The van der Waals surface area contributed by atoms with Crippen molar-refractivity contribution < 1.29 is 4.74 Å². The zero-order chi connectivity index (χ0) is 13.9. The minimum Gasteiger partial charge on any atom is -0.375 e. The van der Waals surface area contributed by atoms with Crippen LogP contribution >= 0.6 is 0 Å². The smallest absolute Gasteiger partial charge is 0.191 e. The predicted octanol–water partition coefficient (Wildman–Crippen LogP) is 0.265. The first kappa shape index (κ1) is 12.9. The van der Waals surface area contributed by atoms with Gasteiger partial charge in [-0.05, 0) is 13.0 Å². The lowest BCUT2D eigenvalue weighted by molar-refractivity contribution is 0.00528. The van der Waals surface area contributed by atoms with Crippen molar-refractivity contribution in [3.05, 3.63) is 30.2 Å². The summed E-state index contributed by atoms with van der Waals surface area (Å²) in [6.45, 7) is 4.78. The van der Waals surface area contributed by atoms with Gasteiger partial charge in [0.15, 0.2) is 11.6 Å². The van der Waals surface area contributed by atoms with Crippen LogP contribution in [0.25, 0.3) is 5.65 Å². The average molecular weight is 274 g/mol. The fourth-order valence-corrected chi connectivity index (χ4v) is 2.29. The van der Waals surface area contributed by atoms with Crippen LogP contribution < -0.4 is 5.73 Å². The predicted molar refractivity (Wildman–Crippen MR) is 75.3 cm³/mol. The molecule has 3 heterocycles. The summed E-state index contributed by atoms with van der Waals surface area (Å²) >= 11 is 0. The maximum Gasteiger partial charge on any atom is 0.191 e. The molecule has 106 valence electrons. The van der Waals surface area contributed by atoms with Crippen molar-refractivity contribution in [1.29, 1.82) is 0 Å². The fourth-order valence-electron chi connectivity index (χ4n) is 2.29. The maximum absolute atomic E-state index is 6.05. The molecule has 1 atom stereocenters. The van der Waals surface area contributed by atoms with Crippen LogP contribution in [0.1, 0.15) is 12.6 Å². The van der Waals surface area contributed by atoms with Crippen molar-refractivity contribution in [2.75, 3.05) is 19.7 Å². The van der Waals surface area contributed by atoms with Gasteiger partial charge in [0, 0.05) is 25.4 Å². The molecule has 1 aliphatic rings. The number of rotatable bonds is 2. The van der Waals surface area contributed by atoms with E-state index in [0.717, 1.165) is 24.4 Å². The molecule has 0 aromatic carbocycles. The molecule has 0 radical (unpaired) electrons. The molecule has 1 aliphatic heterocycles. The number of hydrogen-bond donors (Lipinski definition) is 1. The summed E-state index contributed by atoms with van der Waals surface area (Å²) in [5.41, 5.74) is 7.83. The monoisotopic (exact) mass is 274 g/mol. The van der Waals surface area contributed by atoms with Crippen LogP contribution in [-0.4, -0.2) is 51.3 Å². The molecule has 1 fully saturated rings. The summed E-state index contributed by atoms with van der Waals surface area (Å²) in [6.07, 6.45) is 3.67. The molecule has 20 heavy (non-hydrogen) atoms. The first-order valence-corrected chi connectivity index (χ1v) is 6.68. The second-order valence-corrected chi connectivity index (χ2v) is 4.84. The quantitative estimate of drug-likeness (QED) is 0.628. The molecule has 0 amide bonds. The Kier molecular flexibility index (Phi) is 3.51. The van der Waals surface area contributed by atoms with Crippen LogP contribution in [0.15, 0.2) is 29.5 Å². The summed E-state index contributed by atoms with van der Waals surface area (Å²) in [5.74, 6) is 0.553. The van der Waals surface area contributed by atoms with Crippen LogP contribution in [0.2, 0.25) is 0 Å². The Morgan fingerprint density at radius 1 is 1.50 bits per heavy atom. The van der Waals surface area contributed by atoms with E-state index in [4.69, 9.17) is 10.5 Å². The molecule has 2 N–H and O–H groups in total. The van der Waals surface area contributed by atoms with E-state index in [-0.39, 0.29) is 6.10 Å². The van der Waals surface area contributed by atoms with Crippen molar-refractivity contribution in [3.63, 3.8) is 0 Å². The molecule has 1 saturated heterocycles. The standard InChI is InChI=1S/C13H18N6O/c1-10-9-18(6-7-20-10)13(14)16-8-11-2-4-15-12-3-5-17-19(11)12/h2-5,10H,6-9H2,1H3,(H2,14,16). The Bertz CT molecular complexity index is 622. The number of ether oxygens (including phenoxy) is 1. The van der Waals surface area contributed by atoms with Crippen molar-refractivity contribution in [1.82, 2.24) is 19.5 Å². The Hall–Kier alpha value is -2.15. The zero-order valence-electron chi connectivity index (χ0n) is 11.4. The summed E-state index contributed by atoms with van der Waals surface area (Å²) in [7, 11) is 0. The molecule has 0 bridgehead atoms. The molecule has 2 aromatic rings. The highest BCUT2D eigenvalue weighted by Gasteiger charge is 2.17. The van der Waals surface area contributed by atoms with Gasteiger partial charge in [0.25, 0.3) is 0 Å². The molecular weight excluding hydrogens is 256 g/mol. The van der Waals surface area contributed by atoms with Gasteiger partial charge in [-0.1, -0.05) is 0 Å². The lowest BCUT2D eigenvalue weighted by Gasteiger charge is -2.31. The van der Waals surface area contributed by atoms with E-state index in [2.05, 4.69) is 20.0 Å². The number of nitrogens with two attached hydrogens (primary N) is 1. The minimum absolute atomic E-state index is 0.191. The van der Waals surface area contributed by atoms with Crippen molar-refractivity contribution in [3.8, 4) is 0 Å². The van der Waals surface area contributed by atoms with E-state index < -0.39 is 0 Å². The molecule has 3 rings (SSSR count). The first-order chi connectivity index (χ1) is 9.74. The van der Waals surface area contributed by atoms with Gasteiger partial charge in [0.2, 0.25) is 0 Å². The Labute approximate surface area is 117 Å². The number of nitrogens with zero attached hydrogens (tertiary/aromatic N) is 5. The van der Waals surface area contributed by atoms with E-state index in [1.807, 2.05) is 19.1 Å². The third-order valence-corrected chi connectivity index (χ3v) is 3.34. The van der Waals surface area contributed by atoms with Gasteiger partial charge < -0.3 is 15.4 Å². The number of guanidine groups is 1. The van der Waals surface area contributed by atoms with Gasteiger partial charge in [-0.15, -0.1) is 0 Å². The van der Waals surface area contributed by atoms with Gasteiger partial charge in [-0.2, -0.15) is 5.10 Å². The summed E-state index contributed by atoms with van der Waals surface area (Å²) in [5, 5.41) is 4.23. The molecule has 1 unspecified atom stereocenters. The number of fused-ring (bicyclic) bond motifs is 1. The van der Waals surface area contributed by atoms with Gasteiger partial charge in [-0.25, -0.2) is 14.5 Å². The molecule has 7 nitrogen and oxygen atoms in total. The Morgan fingerprint density at radius 2 is 2.40 bits per heavy atom. The van der Waals surface area contributed by atoms with Crippen LogP contribution in [-0.2, 0) is 11.3 Å². The van der Waals surface area contributed by atoms with Crippen LogP contribution in [0.3, 0.4) is 0 Å². The third-order valence-electron chi connectivity index (χ3n) is 3.34. The lowest BCUT2D eigenvalue weighted by atomic mass is 10.3. The topological polar surface area (TPSA) is 81.0 Å². The normalized spacial score (nSPS) is 20.6. The largest absolute Gasteiger partial charge is 0.375 e. The average Bonchev–Trinajstić information content (AvgIpc) is 2.93. The maximum atomic E-state index is 6.05. The number of aromatic nitrogens is 3. The highest BCUT2D eigenvalue weighted by Crippen LogP contribution is 2.07. The van der Waals surface area contributed by atoms with Gasteiger partial charge in [0.1, 0.15) is 0 Å². The van der Waals surface area contributed by atoms with E-state index in [9.17, 15) is 0 Å². The summed E-state index contributed by atoms with van der Waals surface area (Å²) in [4.78, 5) is 10.7. The van der Waals surface area contributed by atoms with Gasteiger partial charge in [0.05, 0.1) is 31.1 Å². The number of morpholine rings is 1. The second-order valence-electron chi connectivity index (χ2n) is 4.84. The van der Waals surface area contributed by atoms with E-state index in [1.54, 1.807) is 16.9 Å². The second kappa shape index (κ2) is 5.46. The van der Waals surface area contributed by atoms with Gasteiger partial charge in [-0.3, -0.25) is 0 Å². The highest BCUT2D eigenvalue weighted by molar-refractivity contribution is 5.78. The van der Waals surface area contributed by atoms with Crippen LogP contribution in [0.4, 0.5) is 0 Å². The Balaban J connectivity index is 1.74. The van der Waals surface area contributed by atoms with Crippen LogP contribution in [0.5, 0.6) is 0 Å². The Morgan fingerprint density at radius 3 is 3.25 bits per heavy atom. The molecular formula is C13H18N6O. The third kappa shape index (κ3) is 2.57. The zero-order valence-corrected chi connectivity index (χ0v) is 11.4. The minimum atomic E-state index is 0.191.